The predicted molar refractivity (Wildman–Crippen MR) is 64.3 cm³/mol. The van der Waals surface area contributed by atoms with Gasteiger partial charge in [-0.15, -0.1) is 0 Å². The van der Waals surface area contributed by atoms with Crippen molar-refractivity contribution in [2.24, 2.45) is 5.73 Å². The van der Waals surface area contributed by atoms with Crippen molar-refractivity contribution in [3.63, 3.8) is 0 Å². The molecule has 5 nitrogen and oxygen atoms in total. The fourth-order valence-electron chi connectivity index (χ4n) is 2.25. The van der Waals surface area contributed by atoms with E-state index in [0.717, 1.165) is 25.7 Å². The Morgan fingerprint density at radius 3 is 2.35 bits per heavy atom. The third kappa shape index (κ3) is 5.17. The van der Waals surface area contributed by atoms with Gasteiger partial charge >= 0.3 is 5.97 Å². The number of amides is 1. The normalized spacial score (nSPS) is 16.7. The molecule has 0 heterocycles. The molecule has 1 aliphatic carbocycles. The van der Waals surface area contributed by atoms with Crippen molar-refractivity contribution >= 4 is 11.9 Å². The van der Waals surface area contributed by atoms with Crippen LogP contribution in [0.2, 0.25) is 0 Å². The number of hydrogen-bond acceptors (Lipinski definition) is 4. The Hall–Kier alpha value is -1.10. The lowest BCUT2D eigenvalue weighted by Crippen LogP contribution is -2.43. The van der Waals surface area contributed by atoms with Gasteiger partial charge in [-0.05, 0) is 26.7 Å². The zero-order valence-electron chi connectivity index (χ0n) is 10.6. The first-order valence-corrected chi connectivity index (χ1v) is 6.21. The minimum atomic E-state index is -0.394. The molecule has 0 bridgehead atoms. The number of carbonyl (C=O) groups excluding carboxylic acids is 2. The van der Waals surface area contributed by atoms with Crippen LogP contribution in [0.15, 0.2) is 0 Å². The average Bonchev–Trinajstić information content (AvgIpc) is 2.66. The van der Waals surface area contributed by atoms with Gasteiger partial charge in [-0.3, -0.25) is 14.5 Å². The van der Waals surface area contributed by atoms with Crippen molar-refractivity contribution in [1.29, 1.82) is 0 Å². The molecule has 1 rings (SSSR count). The van der Waals surface area contributed by atoms with Crippen molar-refractivity contribution < 1.29 is 14.3 Å². The van der Waals surface area contributed by atoms with Gasteiger partial charge in [0.05, 0.1) is 19.2 Å². The monoisotopic (exact) mass is 242 g/mol. The summed E-state index contributed by atoms with van der Waals surface area (Å²) in [5.74, 6) is -0.678. The first-order valence-electron chi connectivity index (χ1n) is 6.21. The molecule has 0 aromatic rings. The van der Waals surface area contributed by atoms with Crippen molar-refractivity contribution in [3.05, 3.63) is 0 Å². The molecule has 0 unspecified atom stereocenters. The highest BCUT2D eigenvalue weighted by molar-refractivity contribution is 5.77. The molecule has 0 atom stereocenters. The maximum Gasteiger partial charge on any atom is 0.320 e. The van der Waals surface area contributed by atoms with Crippen molar-refractivity contribution in [1.82, 2.24) is 4.90 Å². The highest BCUT2D eigenvalue weighted by Gasteiger charge is 2.26. The Kier molecular flexibility index (Phi) is 5.41. The molecule has 2 N–H and O–H groups in total. The van der Waals surface area contributed by atoms with Crippen molar-refractivity contribution in [3.8, 4) is 0 Å². The lowest BCUT2D eigenvalue weighted by atomic mass is 10.2. The third-order valence-corrected chi connectivity index (χ3v) is 2.90. The lowest BCUT2D eigenvalue weighted by molar-refractivity contribution is -0.149. The summed E-state index contributed by atoms with van der Waals surface area (Å²) < 4.78 is 5.09. The topological polar surface area (TPSA) is 72.6 Å². The van der Waals surface area contributed by atoms with Crippen molar-refractivity contribution in [2.75, 3.05) is 13.1 Å². The largest absolute Gasteiger partial charge is 0.462 e. The number of nitrogens with zero attached hydrogens (tertiary/aromatic N) is 1. The van der Waals surface area contributed by atoms with E-state index in [0.29, 0.717) is 6.04 Å². The molecular formula is C12H22N2O3. The van der Waals surface area contributed by atoms with Gasteiger partial charge in [0.25, 0.3) is 0 Å². The molecule has 5 heteroatoms. The number of primary amides is 1. The minimum Gasteiger partial charge on any atom is -0.462 e. The predicted octanol–water partition coefficient (Wildman–Crippen LogP) is 0.668. The molecule has 0 aromatic carbocycles. The van der Waals surface area contributed by atoms with E-state index in [9.17, 15) is 9.59 Å². The van der Waals surface area contributed by atoms with E-state index in [1.54, 1.807) is 0 Å². The fourth-order valence-corrected chi connectivity index (χ4v) is 2.25. The number of rotatable bonds is 6. The summed E-state index contributed by atoms with van der Waals surface area (Å²) >= 11 is 0. The zero-order valence-corrected chi connectivity index (χ0v) is 10.6. The highest BCUT2D eigenvalue weighted by Crippen LogP contribution is 2.23. The Labute approximate surface area is 102 Å². The summed E-state index contributed by atoms with van der Waals surface area (Å²) in [5, 5.41) is 0. The highest BCUT2D eigenvalue weighted by atomic mass is 16.5. The van der Waals surface area contributed by atoms with Crippen LogP contribution >= 0.6 is 0 Å². The molecule has 0 radical (unpaired) electrons. The van der Waals surface area contributed by atoms with Gasteiger partial charge in [-0.2, -0.15) is 0 Å². The van der Waals surface area contributed by atoms with E-state index in [4.69, 9.17) is 10.5 Å². The van der Waals surface area contributed by atoms with Crippen molar-refractivity contribution in [2.45, 2.75) is 51.7 Å². The lowest BCUT2D eigenvalue weighted by Gasteiger charge is -2.26. The molecule has 1 saturated carbocycles. The first-order chi connectivity index (χ1) is 7.99. The van der Waals surface area contributed by atoms with Gasteiger partial charge in [0.15, 0.2) is 0 Å². The second-order valence-corrected chi connectivity index (χ2v) is 4.85. The van der Waals surface area contributed by atoms with E-state index in [1.165, 1.54) is 0 Å². The van der Waals surface area contributed by atoms with Crippen LogP contribution in [0.25, 0.3) is 0 Å². The van der Waals surface area contributed by atoms with Gasteiger partial charge in [0.1, 0.15) is 0 Å². The van der Waals surface area contributed by atoms with Crippen LogP contribution in [0.1, 0.15) is 39.5 Å². The summed E-state index contributed by atoms with van der Waals surface area (Å²) in [6.45, 7) is 3.92. The number of esters is 1. The third-order valence-electron chi connectivity index (χ3n) is 2.90. The Bertz CT molecular complexity index is 273. The second kappa shape index (κ2) is 6.59. The van der Waals surface area contributed by atoms with E-state index in [1.807, 2.05) is 18.7 Å². The smallest absolute Gasteiger partial charge is 0.320 e. The minimum absolute atomic E-state index is 0.124. The molecule has 0 aliphatic heterocycles. The molecule has 98 valence electrons. The summed E-state index contributed by atoms with van der Waals surface area (Å²) in [5.41, 5.74) is 5.21. The zero-order chi connectivity index (χ0) is 12.8. The molecule has 1 amide bonds. The summed E-state index contributed by atoms with van der Waals surface area (Å²) in [6.07, 6.45) is 4.24. The second-order valence-electron chi connectivity index (χ2n) is 4.85. The maximum atomic E-state index is 11.6. The number of carbonyl (C=O) groups is 2. The molecular weight excluding hydrogens is 220 g/mol. The average molecular weight is 242 g/mol. The number of hydrogen-bond donors (Lipinski definition) is 1. The van der Waals surface area contributed by atoms with Gasteiger partial charge < -0.3 is 10.5 Å². The quantitative estimate of drug-likeness (QED) is 0.695. The molecule has 0 saturated heterocycles. The Morgan fingerprint density at radius 2 is 1.88 bits per heavy atom. The SMILES string of the molecule is CC(C)OC(=O)CN(CC(N)=O)C1CCCC1. The first kappa shape index (κ1) is 14.0. The molecule has 0 spiro atoms. The van der Waals surface area contributed by atoms with Crippen LogP contribution in [0.4, 0.5) is 0 Å². The van der Waals surface area contributed by atoms with Crippen LogP contribution in [0, 0.1) is 0 Å². The van der Waals surface area contributed by atoms with Gasteiger partial charge in [0.2, 0.25) is 5.91 Å². The van der Waals surface area contributed by atoms with Crippen LogP contribution in [-0.2, 0) is 14.3 Å². The van der Waals surface area contributed by atoms with Crippen LogP contribution < -0.4 is 5.73 Å². The summed E-state index contributed by atoms with van der Waals surface area (Å²) in [6, 6.07) is 0.294. The van der Waals surface area contributed by atoms with Gasteiger partial charge in [-0.1, -0.05) is 12.8 Å². The van der Waals surface area contributed by atoms with Gasteiger partial charge in [-0.25, -0.2) is 0 Å². The number of ether oxygens (including phenoxy) is 1. The van der Waals surface area contributed by atoms with E-state index >= 15 is 0 Å². The Morgan fingerprint density at radius 1 is 1.29 bits per heavy atom. The van der Waals surface area contributed by atoms with Crippen LogP contribution in [0.3, 0.4) is 0 Å². The Balaban J connectivity index is 2.50. The summed E-state index contributed by atoms with van der Waals surface area (Å²) in [4.78, 5) is 24.4. The molecule has 1 fully saturated rings. The van der Waals surface area contributed by atoms with E-state index in [2.05, 4.69) is 0 Å². The standard InChI is InChI=1S/C12H22N2O3/c1-9(2)17-12(16)8-14(7-11(13)15)10-5-3-4-6-10/h9-10H,3-8H2,1-2H3,(H2,13,15). The number of nitrogens with two attached hydrogens (primary N) is 1. The van der Waals surface area contributed by atoms with Crippen LogP contribution in [0.5, 0.6) is 0 Å². The van der Waals surface area contributed by atoms with E-state index < -0.39 is 5.91 Å². The molecule has 17 heavy (non-hydrogen) atoms. The van der Waals surface area contributed by atoms with E-state index in [-0.39, 0.29) is 25.2 Å². The fraction of sp³-hybridized carbons (Fsp3) is 0.833. The van der Waals surface area contributed by atoms with Crippen LogP contribution in [-0.4, -0.2) is 42.0 Å². The maximum absolute atomic E-state index is 11.6. The summed E-state index contributed by atoms with van der Waals surface area (Å²) in [7, 11) is 0. The van der Waals surface area contributed by atoms with Gasteiger partial charge in [0, 0.05) is 6.04 Å². The molecule has 1 aliphatic rings. The molecule has 0 aromatic heterocycles.